The summed E-state index contributed by atoms with van der Waals surface area (Å²) in [6.07, 6.45) is -1.52. The number of aliphatic hydroxyl groups excluding tert-OH is 2. The summed E-state index contributed by atoms with van der Waals surface area (Å²) in [7, 11) is 0. The third kappa shape index (κ3) is 34.3. The van der Waals surface area contributed by atoms with E-state index in [4.69, 9.17) is 55.8 Å². The molecule has 9 atom stereocenters. The summed E-state index contributed by atoms with van der Waals surface area (Å²) in [5.41, 5.74) is 44.1. The van der Waals surface area contributed by atoms with Gasteiger partial charge in [-0.2, -0.15) is 0 Å². The van der Waals surface area contributed by atoms with Crippen molar-refractivity contribution in [1.82, 2.24) is 47.9 Å². The predicted molar refractivity (Wildman–Crippen MR) is 314 cm³/mol. The Hall–Kier alpha value is -9.25. The van der Waals surface area contributed by atoms with Crippen LogP contribution in [0.5, 0.6) is 0 Å². The van der Waals surface area contributed by atoms with Crippen LogP contribution in [0, 0.1) is 11.8 Å². The largest absolute Gasteiger partial charge is 0.481 e. The lowest BCUT2D eigenvalue weighted by molar-refractivity contribution is -0.136. The van der Waals surface area contributed by atoms with Crippen LogP contribution in [0.25, 0.3) is 0 Å². The Labute approximate surface area is 502 Å². The van der Waals surface area contributed by atoms with Crippen LogP contribution in [0.15, 0.2) is 40.3 Å². The molecule has 35 heteroatoms. The number of amides is 12. The van der Waals surface area contributed by atoms with Crippen LogP contribution in [-0.4, -0.2) is 191 Å². The van der Waals surface area contributed by atoms with Gasteiger partial charge in [-0.25, -0.2) is 0 Å². The van der Waals surface area contributed by atoms with Crippen molar-refractivity contribution >= 4 is 88.8 Å². The molecular weight excluding hydrogens is 1150 g/mol. The Morgan fingerprint density at radius 2 is 0.874 bits per heavy atom. The standard InChI is InChI=1S/C50H85N19O14.C2H4O2/c1-25(2)20-28(51)41(76)64-30(13-9-19-60-50(57)58)42(77)65-32(15-17-37(53)73)44(79)68-35(24-71)47(82)66-31(14-16-36(52)72)43(78)67-33(21-27-10-6-5-7-11-27)45(80)69-39(26(3)4)48(83)61-22-38(74)62-34(23-70)46(81)63-29(40(54)75)12-8-18-59-49(55)56;1-2(3)4/h5-7,10-11,25-26,28-35,39,70-71H,8-9,12-24,51H2,1-4H3,(H2,52,72)(H2,53,73)(H2,54,75)(H,61,83)(H,62,74)(H,63,81)(H,64,76)(H,65,77)(H,66,82)(H,67,78)(H,68,79)(H,69,80)(H4,55,56,59)(H4,57,58,60);1H3,(H,3,4)/t28-,29-,30-,31-,32-,33-,34-,35-,39-;/m0./s1. The van der Waals surface area contributed by atoms with Gasteiger partial charge >= 0.3 is 0 Å². The highest BCUT2D eigenvalue weighted by molar-refractivity contribution is 5.98. The molecule has 0 spiro atoms. The molecule has 0 aliphatic carbocycles. The molecule has 1 aromatic rings. The predicted octanol–water partition coefficient (Wildman–Crippen LogP) is -8.55. The fourth-order valence-electron chi connectivity index (χ4n) is 7.69. The minimum absolute atomic E-state index is 0.0105. The average Bonchev–Trinajstić information content (AvgIpc) is 3.35. The third-order valence-corrected chi connectivity index (χ3v) is 12.1. The van der Waals surface area contributed by atoms with Gasteiger partial charge in [0.25, 0.3) is 5.97 Å². The number of hydrogen-bond donors (Lipinski definition) is 20. The molecule has 0 saturated heterocycles. The number of aliphatic imine (C=N–C) groups is 2. The quantitative estimate of drug-likeness (QED) is 0.0165. The number of rotatable bonds is 40. The smallest absolute Gasteiger partial charge is 0.300 e. The molecule has 0 unspecified atom stereocenters. The first kappa shape index (κ1) is 77.8. The molecule has 28 N–H and O–H groups in total. The number of aliphatic carboxylic acids is 1. The molecule has 35 nitrogen and oxygen atoms in total. The van der Waals surface area contributed by atoms with Crippen LogP contribution in [0.3, 0.4) is 0 Å². The Kier molecular flexibility index (Phi) is 37.3. The second-order valence-electron chi connectivity index (χ2n) is 20.6. The van der Waals surface area contributed by atoms with Crippen LogP contribution in [-0.2, 0) is 68.7 Å². The van der Waals surface area contributed by atoms with Crippen molar-refractivity contribution in [2.75, 3.05) is 32.8 Å². The topological polar surface area (TPSA) is 624 Å². The molecule has 0 aliphatic rings. The van der Waals surface area contributed by atoms with E-state index in [0.717, 1.165) is 6.92 Å². The van der Waals surface area contributed by atoms with E-state index < -0.39 is 183 Å². The fourth-order valence-corrected chi connectivity index (χ4v) is 7.69. The number of primary amides is 3. The molecule has 12 amide bonds. The number of nitrogens with one attached hydrogen (secondary N) is 9. The zero-order chi connectivity index (χ0) is 66.5. The molecule has 0 saturated carbocycles. The molecule has 0 aliphatic heterocycles. The lowest BCUT2D eigenvalue weighted by atomic mass is 10.0. The molecule has 0 aromatic heterocycles. The number of benzene rings is 1. The van der Waals surface area contributed by atoms with Gasteiger partial charge in [0.1, 0.15) is 48.3 Å². The van der Waals surface area contributed by atoms with Crippen molar-refractivity contribution in [3.63, 3.8) is 0 Å². The van der Waals surface area contributed by atoms with E-state index in [1.807, 2.05) is 13.8 Å². The van der Waals surface area contributed by atoms with Crippen LogP contribution in [0.4, 0.5) is 0 Å². The normalized spacial score (nSPS) is 13.8. The van der Waals surface area contributed by atoms with Crippen molar-refractivity contribution in [2.45, 2.75) is 153 Å². The van der Waals surface area contributed by atoms with Gasteiger partial charge in [0, 0.05) is 39.3 Å². The fraction of sp³-hybridized carbons (Fsp3) is 0.596. The molecule has 0 fully saturated rings. The number of aliphatic hydroxyl groups is 2. The van der Waals surface area contributed by atoms with Gasteiger partial charge in [0.2, 0.25) is 70.9 Å². The molecular formula is C52H89N19O16. The Morgan fingerprint density at radius 1 is 0.494 bits per heavy atom. The monoisotopic (exact) mass is 1240 g/mol. The van der Waals surface area contributed by atoms with E-state index >= 15 is 0 Å². The lowest BCUT2D eigenvalue weighted by Gasteiger charge is -2.28. The second-order valence-corrected chi connectivity index (χ2v) is 20.6. The molecule has 1 rings (SSSR count). The summed E-state index contributed by atoms with van der Waals surface area (Å²) < 4.78 is 0. The Bertz CT molecular complexity index is 2530. The van der Waals surface area contributed by atoms with Crippen LogP contribution >= 0.6 is 0 Å². The first-order valence-electron chi connectivity index (χ1n) is 27.6. The number of guanidine groups is 2. The molecule has 87 heavy (non-hydrogen) atoms. The van der Waals surface area contributed by atoms with E-state index in [1.165, 1.54) is 0 Å². The summed E-state index contributed by atoms with van der Waals surface area (Å²) in [4.78, 5) is 175. The number of carbonyl (C=O) groups excluding carboxylic acids is 12. The maximum Gasteiger partial charge on any atom is 0.300 e. The number of carboxylic acid groups (broad SMARTS) is 1. The van der Waals surface area contributed by atoms with E-state index in [9.17, 15) is 67.7 Å². The zero-order valence-electron chi connectivity index (χ0n) is 49.5. The minimum Gasteiger partial charge on any atom is -0.481 e. The highest BCUT2D eigenvalue weighted by Crippen LogP contribution is 2.11. The third-order valence-electron chi connectivity index (χ3n) is 12.1. The molecule has 0 radical (unpaired) electrons. The van der Waals surface area contributed by atoms with Crippen molar-refractivity contribution in [3.05, 3.63) is 35.9 Å². The van der Waals surface area contributed by atoms with Gasteiger partial charge in [-0.15, -0.1) is 0 Å². The molecule has 0 bridgehead atoms. The highest BCUT2D eigenvalue weighted by atomic mass is 16.4. The SMILES string of the molecule is CC(=O)O.CC(C)C[C@H](N)C(=O)N[C@@H](CCCN=C(N)N)C(=O)N[C@@H](CCC(N)=O)C(=O)N[C@@H](CO)C(=O)N[C@@H](CCC(N)=O)C(=O)N[C@@H](Cc1ccccc1)C(=O)N[C@H](C(=O)NCC(=O)N[C@@H](CO)C(=O)N[C@@H](CCCN=C(N)N)C(N)=O)C(C)C. The maximum absolute atomic E-state index is 14.2. The van der Waals surface area contributed by atoms with Gasteiger partial charge in [-0.05, 0) is 62.3 Å². The van der Waals surface area contributed by atoms with Gasteiger partial charge in [-0.3, -0.25) is 72.3 Å². The van der Waals surface area contributed by atoms with Crippen molar-refractivity contribution in [3.8, 4) is 0 Å². The van der Waals surface area contributed by atoms with Crippen LogP contribution in [0.1, 0.15) is 98.0 Å². The maximum atomic E-state index is 14.2. The highest BCUT2D eigenvalue weighted by Gasteiger charge is 2.35. The zero-order valence-corrected chi connectivity index (χ0v) is 49.5. The summed E-state index contributed by atoms with van der Waals surface area (Å²) >= 11 is 0. The van der Waals surface area contributed by atoms with Gasteiger partial charge in [0.15, 0.2) is 11.9 Å². The summed E-state index contributed by atoms with van der Waals surface area (Å²) in [6.45, 7) is 5.19. The molecule has 0 heterocycles. The Balaban J connectivity index is 0.0000179. The van der Waals surface area contributed by atoms with Gasteiger partial charge in [0.05, 0.1) is 25.8 Å². The van der Waals surface area contributed by atoms with Gasteiger partial charge in [-0.1, -0.05) is 58.0 Å². The van der Waals surface area contributed by atoms with E-state index in [0.29, 0.717) is 5.56 Å². The van der Waals surface area contributed by atoms with Crippen LogP contribution in [0.2, 0.25) is 0 Å². The van der Waals surface area contributed by atoms with E-state index in [1.54, 1.807) is 44.2 Å². The van der Waals surface area contributed by atoms with Gasteiger partial charge < -0.3 is 109 Å². The number of hydrogen-bond acceptors (Lipinski definition) is 18. The number of carboxylic acids is 1. The lowest BCUT2D eigenvalue weighted by Crippen LogP contribution is -2.61. The van der Waals surface area contributed by atoms with Crippen molar-refractivity contribution in [2.24, 2.45) is 67.7 Å². The first-order valence-corrected chi connectivity index (χ1v) is 27.6. The Morgan fingerprint density at radius 3 is 1.29 bits per heavy atom. The minimum atomic E-state index is -1.88. The number of nitrogens with zero attached hydrogens (tertiary/aromatic N) is 2. The average molecular weight is 1240 g/mol. The summed E-state index contributed by atoms with van der Waals surface area (Å²) in [6, 6.07) is -5.06. The number of nitrogens with two attached hydrogens (primary N) is 8. The van der Waals surface area contributed by atoms with E-state index in [-0.39, 0.29) is 69.5 Å². The van der Waals surface area contributed by atoms with E-state index in [2.05, 4.69) is 57.8 Å². The number of carbonyl (C=O) groups is 13. The second kappa shape index (κ2) is 41.7. The summed E-state index contributed by atoms with van der Waals surface area (Å²) in [5, 5.41) is 49.2. The van der Waals surface area contributed by atoms with Crippen molar-refractivity contribution < 1.29 is 77.6 Å². The molecule has 488 valence electrons. The molecule has 1 aromatic carbocycles. The van der Waals surface area contributed by atoms with Crippen molar-refractivity contribution in [1.29, 1.82) is 0 Å². The first-order chi connectivity index (χ1) is 40.7. The summed E-state index contributed by atoms with van der Waals surface area (Å²) in [5.74, 6) is -13.5. The van der Waals surface area contributed by atoms with Crippen LogP contribution < -0.4 is 93.7 Å².